The van der Waals surface area contributed by atoms with Crippen molar-refractivity contribution < 1.29 is 32.3 Å². The molecule has 10 nitrogen and oxygen atoms in total. The van der Waals surface area contributed by atoms with E-state index in [0.717, 1.165) is 10.4 Å². The monoisotopic (exact) mass is 418 g/mol. The molecule has 0 atom stereocenters. The molecular weight excluding hydrogens is 392 g/mol. The first kappa shape index (κ1) is 23.8. The molecule has 0 aliphatic heterocycles. The zero-order valence-electron chi connectivity index (χ0n) is 16.6. The summed E-state index contributed by atoms with van der Waals surface area (Å²) in [6.07, 6.45) is -0.168. The van der Waals surface area contributed by atoms with Gasteiger partial charge in [-0.3, -0.25) is 14.9 Å². The van der Waals surface area contributed by atoms with Crippen molar-refractivity contribution in [2.45, 2.75) is 37.7 Å². The molecule has 0 amide bonds. The van der Waals surface area contributed by atoms with E-state index in [-0.39, 0.29) is 36.8 Å². The number of ether oxygens (including phenoxy) is 3. The van der Waals surface area contributed by atoms with Gasteiger partial charge in [-0.2, -0.15) is 4.31 Å². The van der Waals surface area contributed by atoms with E-state index in [2.05, 4.69) is 0 Å². The Morgan fingerprint density at radius 3 is 2.36 bits per heavy atom. The fourth-order valence-electron chi connectivity index (χ4n) is 2.28. The summed E-state index contributed by atoms with van der Waals surface area (Å²) in [5, 5.41) is 11.2. The predicted octanol–water partition coefficient (Wildman–Crippen LogP) is 1.97. The Kier molecular flexibility index (Phi) is 8.33. The van der Waals surface area contributed by atoms with Crippen LogP contribution >= 0.6 is 0 Å². The maximum Gasteiger partial charge on any atom is 0.312 e. The SMILES string of the molecule is COCCN(CCC(=O)OC(C)(C)C)S(=O)(=O)c1ccc(OC)c([N+](=O)[O-])c1. The van der Waals surface area contributed by atoms with Crippen LogP contribution in [-0.4, -0.2) is 63.1 Å². The molecule has 0 saturated heterocycles. The quantitative estimate of drug-likeness (QED) is 0.321. The molecular formula is C17H26N2O8S. The number of carbonyl (C=O) groups is 1. The molecule has 0 aliphatic carbocycles. The fourth-order valence-corrected chi connectivity index (χ4v) is 3.72. The number of sulfonamides is 1. The molecule has 0 heterocycles. The molecule has 0 fully saturated rings. The first-order valence-corrected chi connectivity index (χ1v) is 9.89. The van der Waals surface area contributed by atoms with Crippen LogP contribution in [0.3, 0.4) is 0 Å². The first-order chi connectivity index (χ1) is 12.9. The van der Waals surface area contributed by atoms with Gasteiger partial charge in [0.2, 0.25) is 10.0 Å². The number of carbonyl (C=O) groups excluding carboxylic acids is 1. The molecule has 0 unspecified atom stereocenters. The lowest BCUT2D eigenvalue weighted by Crippen LogP contribution is -2.36. The Hall–Kier alpha value is -2.24. The topological polar surface area (TPSA) is 125 Å². The summed E-state index contributed by atoms with van der Waals surface area (Å²) in [6, 6.07) is 3.36. The van der Waals surface area contributed by atoms with Crippen LogP contribution in [-0.2, 0) is 24.3 Å². The van der Waals surface area contributed by atoms with Crippen molar-refractivity contribution in [2.24, 2.45) is 0 Å². The zero-order valence-corrected chi connectivity index (χ0v) is 17.4. The van der Waals surface area contributed by atoms with E-state index < -0.39 is 32.2 Å². The Morgan fingerprint density at radius 1 is 1.21 bits per heavy atom. The summed E-state index contributed by atoms with van der Waals surface area (Å²) >= 11 is 0. The highest BCUT2D eigenvalue weighted by Crippen LogP contribution is 2.30. The van der Waals surface area contributed by atoms with Crippen LogP contribution in [0.2, 0.25) is 0 Å². The van der Waals surface area contributed by atoms with E-state index in [0.29, 0.717) is 0 Å². The van der Waals surface area contributed by atoms with Gasteiger partial charge in [-0.1, -0.05) is 0 Å². The summed E-state index contributed by atoms with van der Waals surface area (Å²) in [7, 11) is -1.44. The number of hydrogen-bond donors (Lipinski definition) is 0. The van der Waals surface area contributed by atoms with Gasteiger partial charge in [-0.15, -0.1) is 0 Å². The Balaban J connectivity index is 3.13. The number of nitro groups is 1. The second kappa shape index (κ2) is 9.80. The van der Waals surface area contributed by atoms with Crippen LogP contribution in [0.25, 0.3) is 0 Å². The largest absolute Gasteiger partial charge is 0.490 e. The van der Waals surface area contributed by atoms with Gasteiger partial charge >= 0.3 is 11.7 Å². The number of rotatable bonds is 10. The lowest BCUT2D eigenvalue weighted by atomic mass is 10.2. The molecule has 0 saturated carbocycles. The molecule has 0 N–H and O–H groups in total. The van der Waals surface area contributed by atoms with Crippen LogP contribution in [0.5, 0.6) is 5.75 Å². The lowest BCUT2D eigenvalue weighted by Gasteiger charge is -2.23. The van der Waals surface area contributed by atoms with Gasteiger partial charge in [0.25, 0.3) is 0 Å². The molecule has 28 heavy (non-hydrogen) atoms. The molecule has 1 aromatic rings. The van der Waals surface area contributed by atoms with E-state index in [1.54, 1.807) is 20.8 Å². The van der Waals surface area contributed by atoms with Crippen LogP contribution in [0.1, 0.15) is 27.2 Å². The van der Waals surface area contributed by atoms with Crippen LogP contribution in [0.15, 0.2) is 23.1 Å². The number of methoxy groups -OCH3 is 2. The summed E-state index contributed by atoms with van der Waals surface area (Å²) in [5.74, 6) is -0.605. The van der Waals surface area contributed by atoms with Gasteiger partial charge in [0.15, 0.2) is 5.75 Å². The smallest absolute Gasteiger partial charge is 0.312 e. The molecule has 0 spiro atoms. The van der Waals surface area contributed by atoms with Crippen LogP contribution in [0.4, 0.5) is 5.69 Å². The Bertz CT molecular complexity index is 802. The van der Waals surface area contributed by atoms with E-state index in [9.17, 15) is 23.3 Å². The third kappa shape index (κ3) is 6.73. The highest BCUT2D eigenvalue weighted by atomic mass is 32.2. The maximum atomic E-state index is 13.0. The summed E-state index contributed by atoms with van der Waals surface area (Å²) in [5.41, 5.74) is -1.16. The summed E-state index contributed by atoms with van der Waals surface area (Å²) < 4.78 is 42.0. The van der Waals surface area contributed by atoms with Crippen molar-refractivity contribution in [3.8, 4) is 5.75 Å². The molecule has 0 bridgehead atoms. The van der Waals surface area contributed by atoms with E-state index in [1.807, 2.05) is 0 Å². The highest BCUT2D eigenvalue weighted by molar-refractivity contribution is 7.89. The molecule has 0 aromatic heterocycles. The molecule has 0 radical (unpaired) electrons. The number of hydrogen-bond acceptors (Lipinski definition) is 8. The van der Waals surface area contributed by atoms with Crippen molar-refractivity contribution >= 4 is 21.7 Å². The minimum Gasteiger partial charge on any atom is -0.490 e. The highest BCUT2D eigenvalue weighted by Gasteiger charge is 2.29. The minimum atomic E-state index is -4.11. The normalized spacial score (nSPS) is 12.1. The molecule has 1 aromatic carbocycles. The van der Waals surface area contributed by atoms with Gasteiger partial charge < -0.3 is 14.2 Å². The van der Waals surface area contributed by atoms with Crippen LogP contribution in [0, 0.1) is 10.1 Å². The average molecular weight is 418 g/mol. The van der Waals surface area contributed by atoms with Crippen molar-refractivity contribution in [2.75, 3.05) is 33.9 Å². The third-order valence-electron chi connectivity index (χ3n) is 3.51. The third-order valence-corrected chi connectivity index (χ3v) is 5.41. The number of nitrogens with zero attached hydrogens (tertiary/aromatic N) is 2. The lowest BCUT2D eigenvalue weighted by molar-refractivity contribution is -0.386. The van der Waals surface area contributed by atoms with E-state index >= 15 is 0 Å². The average Bonchev–Trinajstić information content (AvgIpc) is 2.59. The van der Waals surface area contributed by atoms with Gasteiger partial charge in [0.05, 0.1) is 30.0 Å². The predicted molar refractivity (Wildman–Crippen MR) is 101 cm³/mol. The Morgan fingerprint density at radius 2 is 1.86 bits per heavy atom. The number of benzene rings is 1. The zero-order chi connectivity index (χ0) is 21.5. The second-order valence-corrected chi connectivity index (χ2v) is 8.76. The van der Waals surface area contributed by atoms with Gasteiger partial charge in [0.1, 0.15) is 5.60 Å². The first-order valence-electron chi connectivity index (χ1n) is 8.45. The van der Waals surface area contributed by atoms with Crippen molar-refractivity contribution in [1.82, 2.24) is 4.31 Å². The molecule has 11 heteroatoms. The van der Waals surface area contributed by atoms with Gasteiger partial charge in [0, 0.05) is 26.3 Å². The summed E-state index contributed by atoms with van der Waals surface area (Å²) in [4.78, 5) is 22.1. The standard InChI is InChI=1S/C17H26N2O8S/c1-17(2,3)27-16(20)8-9-18(10-11-25-4)28(23,24)13-6-7-15(26-5)14(12-13)19(21)22/h6-7,12H,8-11H2,1-5H3. The Labute approximate surface area is 164 Å². The van der Waals surface area contributed by atoms with Crippen molar-refractivity contribution in [1.29, 1.82) is 0 Å². The molecule has 0 aliphatic rings. The maximum absolute atomic E-state index is 13.0. The van der Waals surface area contributed by atoms with Crippen molar-refractivity contribution in [3.63, 3.8) is 0 Å². The minimum absolute atomic E-state index is 0.0263. The fraction of sp³-hybridized carbons (Fsp3) is 0.588. The molecule has 1 rings (SSSR count). The summed E-state index contributed by atoms with van der Waals surface area (Å²) in [6.45, 7) is 5.04. The molecule has 158 valence electrons. The number of esters is 1. The van der Waals surface area contributed by atoms with E-state index in [1.165, 1.54) is 26.4 Å². The second-order valence-electron chi connectivity index (χ2n) is 6.82. The van der Waals surface area contributed by atoms with Gasteiger partial charge in [-0.25, -0.2) is 8.42 Å². The van der Waals surface area contributed by atoms with Crippen LogP contribution < -0.4 is 4.74 Å². The van der Waals surface area contributed by atoms with Gasteiger partial charge in [-0.05, 0) is 32.9 Å². The van der Waals surface area contributed by atoms with E-state index in [4.69, 9.17) is 14.2 Å². The van der Waals surface area contributed by atoms with Crippen molar-refractivity contribution in [3.05, 3.63) is 28.3 Å². The number of nitro benzene ring substituents is 1.